The van der Waals surface area contributed by atoms with E-state index in [1.54, 1.807) is 36.4 Å². The van der Waals surface area contributed by atoms with Gasteiger partial charge in [-0.15, -0.1) is 0 Å². The minimum Gasteiger partial charge on any atom is -0.467 e. The minimum atomic E-state index is -5.35. The lowest BCUT2D eigenvalue weighted by molar-refractivity contribution is -0.193. The topological polar surface area (TPSA) is 90.0 Å². The van der Waals surface area contributed by atoms with Crippen molar-refractivity contribution < 1.29 is 41.8 Å². The third kappa shape index (κ3) is 5.19. The summed E-state index contributed by atoms with van der Waals surface area (Å²) in [4.78, 5) is 48.5. The lowest BCUT2D eigenvalue weighted by atomic mass is 9.96. The zero-order chi connectivity index (χ0) is 23.3. The van der Waals surface area contributed by atoms with Crippen LogP contribution < -0.4 is 0 Å². The van der Waals surface area contributed by atoms with E-state index < -0.39 is 48.3 Å². The first kappa shape index (κ1) is 23.8. The number of alkyl halides is 3. The summed E-state index contributed by atoms with van der Waals surface area (Å²) in [6, 6.07) is 8.35. The lowest BCUT2D eigenvalue weighted by Gasteiger charge is -2.35. The van der Waals surface area contributed by atoms with E-state index in [2.05, 4.69) is 9.47 Å². The molecule has 0 saturated carbocycles. The average Bonchev–Trinajstić information content (AvgIpc) is 2.75. The standard InChI is InChI=1S/C21H20F3NO6/c1-12(14-10-6-8-13-7-4-5-9-15(13)14)25(20(29)21(22,23)24)16(18(27)30-2)11-17(26)19(28)31-3/h4-10,12,16H,11H2,1-3H3/t12-,16+/m1/s1. The molecule has 31 heavy (non-hydrogen) atoms. The van der Waals surface area contributed by atoms with Crippen LogP contribution in [-0.4, -0.2) is 55.0 Å². The van der Waals surface area contributed by atoms with Gasteiger partial charge in [0.1, 0.15) is 6.04 Å². The molecule has 0 radical (unpaired) electrons. The molecule has 0 fully saturated rings. The van der Waals surface area contributed by atoms with Gasteiger partial charge < -0.3 is 14.4 Å². The molecule has 0 unspecified atom stereocenters. The van der Waals surface area contributed by atoms with Gasteiger partial charge in [0.15, 0.2) is 0 Å². The number of halogens is 3. The van der Waals surface area contributed by atoms with Crippen molar-refractivity contribution in [2.45, 2.75) is 31.6 Å². The number of benzene rings is 2. The van der Waals surface area contributed by atoms with Gasteiger partial charge in [0, 0.05) is 6.42 Å². The van der Waals surface area contributed by atoms with Crippen LogP contribution in [0.25, 0.3) is 10.8 Å². The first-order valence-corrected chi connectivity index (χ1v) is 9.09. The zero-order valence-corrected chi connectivity index (χ0v) is 16.9. The Labute approximate surface area is 175 Å². The van der Waals surface area contributed by atoms with Gasteiger partial charge in [-0.3, -0.25) is 9.59 Å². The van der Waals surface area contributed by atoms with E-state index in [1.165, 1.54) is 13.0 Å². The molecular formula is C21H20F3NO6. The van der Waals surface area contributed by atoms with Gasteiger partial charge in [0.2, 0.25) is 5.78 Å². The van der Waals surface area contributed by atoms with Crippen molar-refractivity contribution in [2.24, 2.45) is 0 Å². The summed E-state index contributed by atoms with van der Waals surface area (Å²) in [7, 11) is 1.81. The number of esters is 2. The number of Topliss-reactive ketones (excluding diaryl/α,β-unsaturated/α-hetero) is 1. The second kappa shape index (κ2) is 9.59. The van der Waals surface area contributed by atoms with Gasteiger partial charge >= 0.3 is 24.0 Å². The highest BCUT2D eigenvalue weighted by molar-refractivity contribution is 6.34. The third-order valence-corrected chi connectivity index (χ3v) is 4.77. The van der Waals surface area contributed by atoms with Crippen LogP contribution in [0, 0.1) is 0 Å². The molecule has 166 valence electrons. The smallest absolute Gasteiger partial charge is 0.467 e. The number of rotatable bonds is 7. The molecule has 7 nitrogen and oxygen atoms in total. The van der Waals surface area contributed by atoms with Gasteiger partial charge in [-0.1, -0.05) is 42.5 Å². The molecule has 0 heterocycles. The molecule has 1 amide bonds. The molecule has 0 aromatic heterocycles. The quantitative estimate of drug-likeness (QED) is 0.487. The molecule has 10 heteroatoms. The summed E-state index contributed by atoms with van der Waals surface area (Å²) in [5, 5.41) is 1.26. The highest BCUT2D eigenvalue weighted by Crippen LogP contribution is 2.34. The number of carbonyl (C=O) groups is 4. The highest BCUT2D eigenvalue weighted by atomic mass is 19.4. The normalized spacial score (nSPS) is 13.2. The molecule has 2 aromatic rings. The molecule has 2 rings (SSSR count). The number of hydrogen-bond donors (Lipinski definition) is 0. The molecule has 0 spiro atoms. The van der Waals surface area contributed by atoms with Crippen molar-refractivity contribution in [3.63, 3.8) is 0 Å². The summed E-state index contributed by atoms with van der Waals surface area (Å²) in [6.07, 6.45) is -6.38. The van der Waals surface area contributed by atoms with Crippen LogP contribution in [0.5, 0.6) is 0 Å². The SMILES string of the molecule is COC(=O)C(=O)C[C@@H](C(=O)OC)N(C(=O)C(F)(F)F)[C@H](C)c1cccc2ccccc12. The Morgan fingerprint density at radius 2 is 1.58 bits per heavy atom. The number of methoxy groups -OCH3 is 2. The minimum absolute atomic E-state index is 0.231. The molecule has 0 aliphatic carbocycles. The Morgan fingerprint density at radius 3 is 2.16 bits per heavy atom. The molecule has 0 saturated heterocycles. The first-order valence-electron chi connectivity index (χ1n) is 9.09. The molecular weight excluding hydrogens is 419 g/mol. The fourth-order valence-electron chi connectivity index (χ4n) is 3.30. The summed E-state index contributed by atoms with van der Waals surface area (Å²) in [6.45, 7) is 1.30. The monoisotopic (exact) mass is 439 g/mol. The number of hydrogen-bond acceptors (Lipinski definition) is 6. The van der Waals surface area contributed by atoms with Crippen LogP contribution in [0.1, 0.15) is 24.9 Å². The van der Waals surface area contributed by atoms with E-state index in [0.717, 1.165) is 14.2 Å². The van der Waals surface area contributed by atoms with Crippen LogP contribution in [0.15, 0.2) is 42.5 Å². The van der Waals surface area contributed by atoms with E-state index >= 15 is 0 Å². The largest absolute Gasteiger partial charge is 0.471 e. The van der Waals surface area contributed by atoms with Gasteiger partial charge in [-0.2, -0.15) is 13.2 Å². The number of fused-ring (bicyclic) bond motifs is 1. The van der Waals surface area contributed by atoms with Crippen LogP contribution in [0.4, 0.5) is 13.2 Å². The van der Waals surface area contributed by atoms with Gasteiger partial charge in [0.25, 0.3) is 0 Å². The van der Waals surface area contributed by atoms with Crippen molar-refractivity contribution in [2.75, 3.05) is 14.2 Å². The Kier molecular flexibility index (Phi) is 7.37. The van der Waals surface area contributed by atoms with E-state index in [1.807, 2.05) is 0 Å². The number of nitrogens with zero attached hydrogens (tertiary/aromatic N) is 1. The maximum atomic E-state index is 13.5. The summed E-state index contributed by atoms with van der Waals surface area (Å²) in [5.74, 6) is -6.25. The fourth-order valence-corrected chi connectivity index (χ4v) is 3.30. The van der Waals surface area contributed by atoms with E-state index in [-0.39, 0.29) is 4.90 Å². The summed E-state index contributed by atoms with van der Waals surface area (Å²) in [5.41, 5.74) is 0.315. The van der Waals surface area contributed by atoms with Crippen LogP contribution in [-0.2, 0) is 28.7 Å². The summed E-state index contributed by atoms with van der Waals surface area (Å²) >= 11 is 0. The molecule has 0 bridgehead atoms. The third-order valence-electron chi connectivity index (χ3n) is 4.77. The Bertz CT molecular complexity index is 999. The van der Waals surface area contributed by atoms with Crippen molar-refractivity contribution in [3.8, 4) is 0 Å². The second-order valence-corrected chi connectivity index (χ2v) is 6.61. The molecule has 2 atom stereocenters. The van der Waals surface area contributed by atoms with Crippen LogP contribution in [0.3, 0.4) is 0 Å². The number of ketones is 1. The van der Waals surface area contributed by atoms with E-state index in [0.29, 0.717) is 16.3 Å². The second-order valence-electron chi connectivity index (χ2n) is 6.61. The number of amides is 1. The Balaban J connectivity index is 2.63. The Morgan fingerprint density at radius 1 is 0.968 bits per heavy atom. The predicted octanol–water partition coefficient (Wildman–Crippen LogP) is 2.97. The maximum absolute atomic E-state index is 13.5. The fraction of sp³-hybridized carbons (Fsp3) is 0.333. The molecule has 0 aliphatic heterocycles. The molecule has 0 N–H and O–H groups in total. The van der Waals surface area contributed by atoms with Crippen LogP contribution in [0.2, 0.25) is 0 Å². The van der Waals surface area contributed by atoms with Crippen molar-refractivity contribution in [1.82, 2.24) is 4.90 Å². The lowest BCUT2D eigenvalue weighted by Crippen LogP contribution is -2.52. The molecule has 2 aromatic carbocycles. The van der Waals surface area contributed by atoms with Gasteiger partial charge in [-0.25, -0.2) is 9.59 Å². The van der Waals surface area contributed by atoms with E-state index in [4.69, 9.17) is 0 Å². The maximum Gasteiger partial charge on any atom is 0.471 e. The van der Waals surface area contributed by atoms with Crippen molar-refractivity contribution in [1.29, 1.82) is 0 Å². The summed E-state index contributed by atoms with van der Waals surface area (Å²) < 4.78 is 49.2. The highest BCUT2D eigenvalue weighted by Gasteiger charge is 2.49. The van der Waals surface area contributed by atoms with Crippen molar-refractivity contribution >= 4 is 34.4 Å². The molecule has 0 aliphatic rings. The zero-order valence-electron chi connectivity index (χ0n) is 16.9. The number of ether oxygens (including phenoxy) is 2. The first-order chi connectivity index (χ1) is 14.5. The van der Waals surface area contributed by atoms with Gasteiger partial charge in [0.05, 0.1) is 20.3 Å². The number of carbonyl (C=O) groups excluding carboxylic acids is 4. The van der Waals surface area contributed by atoms with Crippen molar-refractivity contribution in [3.05, 3.63) is 48.0 Å². The van der Waals surface area contributed by atoms with Crippen LogP contribution >= 0.6 is 0 Å². The van der Waals surface area contributed by atoms with Gasteiger partial charge in [-0.05, 0) is 23.3 Å². The Hall–Kier alpha value is -3.43. The average molecular weight is 439 g/mol. The van der Waals surface area contributed by atoms with E-state index in [9.17, 15) is 32.3 Å². The predicted molar refractivity (Wildman–Crippen MR) is 103 cm³/mol.